The summed E-state index contributed by atoms with van der Waals surface area (Å²) in [5.41, 5.74) is 2.88. The third kappa shape index (κ3) is 3.35. The quantitative estimate of drug-likeness (QED) is 0.813. The molecule has 0 atom stereocenters. The van der Waals surface area contributed by atoms with Gasteiger partial charge in [0, 0.05) is 5.56 Å². The molecular formula is C17H17NO. The molecule has 0 aliphatic rings. The average Bonchev–Trinajstić information content (AvgIpc) is 2.45. The molecule has 0 heterocycles. The first kappa shape index (κ1) is 13.2. The molecule has 0 bridgehead atoms. The molecule has 0 aliphatic carbocycles. The molecule has 0 aliphatic heterocycles. The minimum Gasteiger partial charge on any atom is -0.489 e. The number of hydrogen-bond donors (Lipinski definition) is 0. The van der Waals surface area contributed by atoms with E-state index in [0.29, 0.717) is 18.1 Å². The van der Waals surface area contributed by atoms with Crippen LogP contribution < -0.4 is 4.74 Å². The number of nitrogens with zero attached hydrogens (tertiary/aromatic N) is 1. The van der Waals surface area contributed by atoms with Gasteiger partial charge in [-0.3, -0.25) is 0 Å². The van der Waals surface area contributed by atoms with Crippen molar-refractivity contribution in [1.82, 2.24) is 0 Å². The maximum absolute atomic E-state index is 9.01. The first-order chi connectivity index (χ1) is 9.20. The second-order valence-corrected chi connectivity index (χ2v) is 4.78. The van der Waals surface area contributed by atoms with Crippen molar-refractivity contribution in [3.8, 4) is 11.8 Å². The van der Waals surface area contributed by atoms with Crippen LogP contribution >= 0.6 is 0 Å². The summed E-state index contributed by atoms with van der Waals surface area (Å²) >= 11 is 0. The summed E-state index contributed by atoms with van der Waals surface area (Å²) in [5, 5.41) is 9.01. The zero-order valence-corrected chi connectivity index (χ0v) is 11.3. The zero-order chi connectivity index (χ0) is 13.7. The standard InChI is InChI=1S/C17H17NO/c1-13(2)14-7-9-17(10-8-14)19-12-16-6-4-3-5-15(16)11-18/h3-10,13H,12H2,1-2H3. The SMILES string of the molecule is CC(C)c1ccc(OCc2ccccc2C#N)cc1. The third-order valence-electron chi connectivity index (χ3n) is 3.08. The molecule has 0 N–H and O–H groups in total. The molecule has 0 unspecified atom stereocenters. The van der Waals surface area contributed by atoms with Crippen LogP contribution in [0, 0.1) is 11.3 Å². The van der Waals surface area contributed by atoms with Crippen molar-refractivity contribution >= 4 is 0 Å². The van der Waals surface area contributed by atoms with Gasteiger partial charge >= 0.3 is 0 Å². The Kier molecular flexibility index (Phi) is 4.20. The Bertz CT molecular complexity index is 579. The fraction of sp³-hybridized carbons (Fsp3) is 0.235. The smallest absolute Gasteiger partial charge is 0.119 e. The molecule has 0 amide bonds. The zero-order valence-electron chi connectivity index (χ0n) is 11.3. The summed E-state index contributed by atoms with van der Waals surface area (Å²) in [6.45, 7) is 4.75. The van der Waals surface area contributed by atoms with Gasteiger partial charge in [-0.25, -0.2) is 0 Å². The number of hydrogen-bond acceptors (Lipinski definition) is 2. The van der Waals surface area contributed by atoms with E-state index in [1.54, 1.807) is 6.07 Å². The third-order valence-corrected chi connectivity index (χ3v) is 3.08. The van der Waals surface area contributed by atoms with Gasteiger partial charge < -0.3 is 4.74 Å². The molecule has 2 aromatic carbocycles. The minimum atomic E-state index is 0.421. The van der Waals surface area contributed by atoms with E-state index in [1.807, 2.05) is 30.3 Å². The number of nitriles is 1. The lowest BCUT2D eigenvalue weighted by Gasteiger charge is -2.09. The highest BCUT2D eigenvalue weighted by Gasteiger charge is 2.03. The fourth-order valence-corrected chi connectivity index (χ4v) is 1.87. The van der Waals surface area contributed by atoms with Crippen LogP contribution in [-0.4, -0.2) is 0 Å². The first-order valence-corrected chi connectivity index (χ1v) is 6.41. The highest BCUT2D eigenvalue weighted by molar-refractivity contribution is 5.37. The maximum Gasteiger partial charge on any atom is 0.119 e. The van der Waals surface area contributed by atoms with Crippen molar-refractivity contribution in [1.29, 1.82) is 5.26 Å². The van der Waals surface area contributed by atoms with Crippen molar-refractivity contribution in [2.45, 2.75) is 26.4 Å². The first-order valence-electron chi connectivity index (χ1n) is 6.41. The highest BCUT2D eigenvalue weighted by Crippen LogP contribution is 2.20. The van der Waals surface area contributed by atoms with E-state index in [-0.39, 0.29) is 0 Å². The van der Waals surface area contributed by atoms with E-state index in [4.69, 9.17) is 10.00 Å². The Balaban J connectivity index is 2.04. The van der Waals surface area contributed by atoms with Gasteiger partial charge in [0.15, 0.2) is 0 Å². The van der Waals surface area contributed by atoms with Crippen LogP contribution in [0.3, 0.4) is 0 Å². The van der Waals surface area contributed by atoms with Crippen LogP contribution in [0.1, 0.15) is 36.5 Å². The second-order valence-electron chi connectivity index (χ2n) is 4.78. The molecule has 2 aromatic rings. The molecule has 0 saturated carbocycles. The van der Waals surface area contributed by atoms with Crippen molar-refractivity contribution in [2.75, 3.05) is 0 Å². The molecule has 0 fully saturated rings. The monoisotopic (exact) mass is 251 g/mol. The summed E-state index contributed by atoms with van der Waals surface area (Å²) in [6, 6.07) is 17.8. The summed E-state index contributed by atoms with van der Waals surface area (Å²) in [6.07, 6.45) is 0. The van der Waals surface area contributed by atoms with Gasteiger partial charge in [-0.1, -0.05) is 44.2 Å². The normalized spacial score (nSPS) is 10.2. The summed E-state index contributed by atoms with van der Waals surface area (Å²) in [7, 11) is 0. The Morgan fingerprint density at radius 2 is 1.74 bits per heavy atom. The van der Waals surface area contributed by atoms with Crippen LogP contribution in [0.4, 0.5) is 0 Å². The molecule has 2 heteroatoms. The van der Waals surface area contributed by atoms with Gasteiger partial charge in [-0.15, -0.1) is 0 Å². The molecule has 96 valence electrons. The van der Waals surface area contributed by atoms with E-state index >= 15 is 0 Å². The van der Waals surface area contributed by atoms with Crippen LogP contribution in [0.25, 0.3) is 0 Å². The molecule has 0 saturated heterocycles. The molecule has 0 radical (unpaired) electrons. The van der Waals surface area contributed by atoms with Crippen LogP contribution in [-0.2, 0) is 6.61 Å². The Morgan fingerprint density at radius 3 is 2.37 bits per heavy atom. The van der Waals surface area contributed by atoms with E-state index < -0.39 is 0 Å². The average molecular weight is 251 g/mol. The topological polar surface area (TPSA) is 33.0 Å². The van der Waals surface area contributed by atoms with E-state index in [0.717, 1.165) is 11.3 Å². The van der Waals surface area contributed by atoms with Crippen LogP contribution in [0.2, 0.25) is 0 Å². The van der Waals surface area contributed by atoms with Gasteiger partial charge in [0.25, 0.3) is 0 Å². The van der Waals surface area contributed by atoms with Crippen LogP contribution in [0.15, 0.2) is 48.5 Å². The van der Waals surface area contributed by atoms with Crippen LogP contribution in [0.5, 0.6) is 5.75 Å². The Labute approximate surface area is 114 Å². The Morgan fingerprint density at radius 1 is 1.05 bits per heavy atom. The van der Waals surface area contributed by atoms with Crippen molar-refractivity contribution in [3.63, 3.8) is 0 Å². The summed E-state index contributed by atoms with van der Waals surface area (Å²) in [5.74, 6) is 1.35. The fourth-order valence-electron chi connectivity index (χ4n) is 1.87. The molecule has 19 heavy (non-hydrogen) atoms. The highest BCUT2D eigenvalue weighted by atomic mass is 16.5. The van der Waals surface area contributed by atoms with Gasteiger partial charge in [0.05, 0.1) is 11.6 Å². The van der Waals surface area contributed by atoms with Gasteiger partial charge in [-0.2, -0.15) is 5.26 Å². The Hall–Kier alpha value is -2.27. The molecular weight excluding hydrogens is 234 g/mol. The minimum absolute atomic E-state index is 0.421. The molecule has 0 aromatic heterocycles. The van der Waals surface area contributed by atoms with E-state index in [1.165, 1.54) is 5.56 Å². The second kappa shape index (κ2) is 6.06. The predicted octanol–water partition coefficient (Wildman–Crippen LogP) is 4.26. The largest absolute Gasteiger partial charge is 0.489 e. The predicted molar refractivity (Wildman–Crippen MR) is 76.0 cm³/mol. The lowest BCUT2D eigenvalue weighted by atomic mass is 10.0. The lowest BCUT2D eigenvalue weighted by Crippen LogP contribution is -1.98. The number of rotatable bonds is 4. The molecule has 0 spiro atoms. The van der Waals surface area contributed by atoms with E-state index in [2.05, 4.69) is 32.0 Å². The summed E-state index contributed by atoms with van der Waals surface area (Å²) < 4.78 is 5.72. The van der Waals surface area contributed by atoms with Crippen molar-refractivity contribution in [2.24, 2.45) is 0 Å². The number of benzene rings is 2. The number of ether oxygens (including phenoxy) is 1. The van der Waals surface area contributed by atoms with Gasteiger partial charge in [-0.05, 0) is 29.7 Å². The van der Waals surface area contributed by atoms with Gasteiger partial charge in [0.1, 0.15) is 12.4 Å². The maximum atomic E-state index is 9.01. The summed E-state index contributed by atoms with van der Waals surface area (Å²) in [4.78, 5) is 0. The van der Waals surface area contributed by atoms with E-state index in [9.17, 15) is 0 Å². The molecule has 2 rings (SSSR count). The lowest BCUT2D eigenvalue weighted by molar-refractivity contribution is 0.306. The van der Waals surface area contributed by atoms with Crippen molar-refractivity contribution in [3.05, 3.63) is 65.2 Å². The van der Waals surface area contributed by atoms with Crippen molar-refractivity contribution < 1.29 is 4.74 Å². The van der Waals surface area contributed by atoms with Gasteiger partial charge in [0.2, 0.25) is 0 Å². The molecule has 2 nitrogen and oxygen atoms in total.